The van der Waals surface area contributed by atoms with E-state index in [0.29, 0.717) is 5.69 Å². The summed E-state index contributed by atoms with van der Waals surface area (Å²) in [5.74, 6) is -3.71. The number of ether oxygens (including phenoxy) is 1. The monoisotopic (exact) mass is 424 g/mol. The fourth-order valence-electron chi connectivity index (χ4n) is 3.01. The number of anilines is 1. The van der Waals surface area contributed by atoms with E-state index >= 15 is 0 Å². The minimum atomic E-state index is -1.01. The van der Waals surface area contributed by atoms with Gasteiger partial charge in [-0.05, 0) is 56.7 Å². The summed E-state index contributed by atoms with van der Waals surface area (Å²) in [5.41, 5.74) is 0.275. The third-order valence-corrected chi connectivity index (χ3v) is 4.28. The Morgan fingerprint density at radius 3 is 2.23 bits per heavy atom. The number of aromatic nitrogens is 1. The molecule has 0 radical (unpaired) electrons. The molecule has 0 saturated heterocycles. The van der Waals surface area contributed by atoms with Crippen molar-refractivity contribution in [3.8, 4) is 11.1 Å². The van der Waals surface area contributed by atoms with Crippen molar-refractivity contribution < 1.29 is 23.1 Å². The van der Waals surface area contributed by atoms with Crippen LogP contribution in [0.2, 0.25) is 0 Å². The van der Waals surface area contributed by atoms with E-state index in [4.69, 9.17) is 4.74 Å². The number of amides is 1. The van der Waals surface area contributed by atoms with Gasteiger partial charge in [0.1, 0.15) is 29.3 Å². The average Bonchev–Trinajstić information content (AvgIpc) is 2.71. The van der Waals surface area contributed by atoms with Gasteiger partial charge in [0.05, 0.1) is 0 Å². The highest BCUT2D eigenvalue weighted by Crippen LogP contribution is 2.27. The van der Waals surface area contributed by atoms with Crippen molar-refractivity contribution in [3.63, 3.8) is 0 Å². The smallest absolute Gasteiger partial charge is 0.326 e. The van der Waals surface area contributed by atoms with Crippen LogP contribution in [0.25, 0.3) is 11.1 Å². The Labute approximate surface area is 179 Å². The van der Waals surface area contributed by atoms with Gasteiger partial charge in [-0.2, -0.15) is 0 Å². The molecule has 0 unspecified atom stereocenters. The zero-order valence-electron chi connectivity index (χ0n) is 17.4. The van der Waals surface area contributed by atoms with Crippen LogP contribution in [0, 0.1) is 11.6 Å². The SMILES string of the molecule is CC(C)(C)OC(=O)CN(C(=O)c1c(F)cccc1F)c1cccc(-c2cccnc2)c1. The Bertz CT molecular complexity index is 1080. The Morgan fingerprint density at radius 2 is 1.61 bits per heavy atom. The highest BCUT2D eigenvalue weighted by atomic mass is 19.1. The molecule has 0 spiro atoms. The molecule has 3 aromatic rings. The van der Waals surface area contributed by atoms with E-state index in [1.807, 2.05) is 6.07 Å². The van der Waals surface area contributed by atoms with Crippen molar-refractivity contribution in [3.05, 3.63) is 84.2 Å². The second-order valence-corrected chi connectivity index (χ2v) is 7.87. The summed E-state index contributed by atoms with van der Waals surface area (Å²) in [6.07, 6.45) is 3.28. The molecule has 0 atom stereocenters. The fourth-order valence-corrected chi connectivity index (χ4v) is 3.01. The van der Waals surface area contributed by atoms with Crippen molar-refractivity contribution in [2.45, 2.75) is 26.4 Å². The second-order valence-electron chi connectivity index (χ2n) is 7.87. The number of carbonyl (C=O) groups excluding carboxylic acids is 2. The topological polar surface area (TPSA) is 59.5 Å². The van der Waals surface area contributed by atoms with Crippen LogP contribution in [0.5, 0.6) is 0 Å². The lowest BCUT2D eigenvalue weighted by Gasteiger charge is -2.26. The van der Waals surface area contributed by atoms with Gasteiger partial charge in [0.25, 0.3) is 5.91 Å². The lowest BCUT2D eigenvalue weighted by molar-refractivity contribution is -0.152. The van der Waals surface area contributed by atoms with Gasteiger partial charge in [-0.3, -0.25) is 19.5 Å². The number of halogens is 2. The van der Waals surface area contributed by atoms with Gasteiger partial charge in [0.15, 0.2) is 0 Å². The number of carbonyl (C=O) groups is 2. The number of hydrogen-bond acceptors (Lipinski definition) is 4. The first-order valence-corrected chi connectivity index (χ1v) is 9.64. The number of nitrogens with zero attached hydrogens (tertiary/aromatic N) is 2. The molecule has 31 heavy (non-hydrogen) atoms. The first-order valence-electron chi connectivity index (χ1n) is 9.64. The Kier molecular flexibility index (Phi) is 6.44. The van der Waals surface area contributed by atoms with Crippen LogP contribution in [0.15, 0.2) is 67.0 Å². The number of hydrogen-bond donors (Lipinski definition) is 0. The molecule has 3 rings (SSSR count). The molecular formula is C24H22F2N2O3. The Balaban J connectivity index is 2.04. The second kappa shape index (κ2) is 9.04. The maximum atomic E-state index is 14.3. The molecule has 1 amide bonds. The summed E-state index contributed by atoms with van der Waals surface area (Å²) in [7, 11) is 0. The average molecular weight is 424 g/mol. The lowest BCUT2D eigenvalue weighted by atomic mass is 10.1. The van der Waals surface area contributed by atoms with Gasteiger partial charge in [-0.25, -0.2) is 8.78 Å². The van der Waals surface area contributed by atoms with Crippen molar-refractivity contribution in [2.24, 2.45) is 0 Å². The maximum absolute atomic E-state index is 14.3. The molecular weight excluding hydrogens is 402 g/mol. The Hall–Kier alpha value is -3.61. The highest BCUT2D eigenvalue weighted by Gasteiger charge is 2.28. The summed E-state index contributed by atoms with van der Waals surface area (Å²) in [5, 5.41) is 0. The van der Waals surface area contributed by atoms with Crippen LogP contribution in [0.3, 0.4) is 0 Å². The fraction of sp³-hybridized carbons (Fsp3) is 0.208. The first-order chi connectivity index (χ1) is 14.7. The molecule has 0 bridgehead atoms. The lowest BCUT2D eigenvalue weighted by Crippen LogP contribution is -2.39. The zero-order valence-corrected chi connectivity index (χ0v) is 17.4. The van der Waals surface area contributed by atoms with Crippen molar-refractivity contribution in [2.75, 3.05) is 11.4 Å². The van der Waals surface area contributed by atoms with Gasteiger partial charge in [0.2, 0.25) is 0 Å². The summed E-state index contributed by atoms with van der Waals surface area (Å²) in [6.45, 7) is 4.56. The summed E-state index contributed by atoms with van der Waals surface area (Å²) < 4.78 is 34.0. The molecule has 5 nitrogen and oxygen atoms in total. The molecule has 0 aliphatic rings. The quantitative estimate of drug-likeness (QED) is 0.540. The number of pyridine rings is 1. The van der Waals surface area contributed by atoms with Crippen LogP contribution in [-0.4, -0.2) is 29.0 Å². The summed E-state index contributed by atoms with van der Waals surface area (Å²) >= 11 is 0. The molecule has 160 valence electrons. The molecule has 0 fully saturated rings. The van der Waals surface area contributed by atoms with Crippen molar-refractivity contribution in [1.29, 1.82) is 0 Å². The van der Waals surface area contributed by atoms with Crippen molar-refractivity contribution in [1.82, 2.24) is 4.98 Å². The zero-order chi connectivity index (χ0) is 22.6. The van der Waals surface area contributed by atoms with E-state index in [-0.39, 0.29) is 0 Å². The minimum absolute atomic E-state index is 0.292. The van der Waals surface area contributed by atoms with Crippen LogP contribution < -0.4 is 4.90 Å². The largest absolute Gasteiger partial charge is 0.459 e. The van der Waals surface area contributed by atoms with E-state index in [2.05, 4.69) is 4.98 Å². The van der Waals surface area contributed by atoms with Crippen LogP contribution in [-0.2, 0) is 9.53 Å². The molecule has 1 aromatic heterocycles. The van der Waals surface area contributed by atoms with Crippen LogP contribution >= 0.6 is 0 Å². The van der Waals surface area contributed by atoms with E-state index in [9.17, 15) is 18.4 Å². The van der Waals surface area contributed by atoms with Gasteiger partial charge in [-0.15, -0.1) is 0 Å². The number of esters is 1. The predicted molar refractivity (Wildman–Crippen MR) is 114 cm³/mol. The van der Waals surface area contributed by atoms with Crippen molar-refractivity contribution >= 4 is 17.6 Å². The van der Waals surface area contributed by atoms with Crippen LogP contribution in [0.1, 0.15) is 31.1 Å². The minimum Gasteiger partial charge on any atom is -0.459 e. The molecule has 0 saturated carbocycles. The molecule has 0 N–H and O–H groups in total. The van der Waals surface area contributed by atoms with Gasteiger partial charge < -0.3 is 4.74 Å². The number of rotatable bonds is 5. The third kappa shape index (κ3) is 5.51. The van der Waals surface area contributed by atoms with Crippen LogP contribution in [0.4, 0.5) is 14.5 Å². The molecule has 0 aliphatic carbocycles. The maximum Gasteiger partial charge on any atom is 0.326 e. The summed E-state index contributed by atoms with van der Waals surface area (Å²) in [6, 6.07) is 13.5. The standard InChI is InChI=1S/C24H22F2N2O3/c1-24(2,3)31-21(29)15-28(23(30)22-19(25)10-5-11-20(22)26)18-9-4-7-16(13-18)17-8-6-12-27-14-17/h4-14H,15H2,1-3H3. The molecule has 1 heterocycles. The van der Waals surface area contributed by atoms with E-state index in [1.165, 1.54) is 6.07 Å². The molecule has 2 aromatic carbocycles. The van der Waals surface area contributed by atoms with Gasteiger partial charge in [-0.1, -0.05) is 24.3 Å². The summed E-state index contributed by atoms with van der Waals surface area (Å²) in [4.78, 5) is 30.7. The first kappa shape index (κ1) is 22.1. The highest BCUT2D eigenvalue weighted by molar-refractivity contribution is 6.08. The normalized spacial score (nSPS) is 11.1. The Morgan fingerprint density at radius 1 is 0.968 bits per heavy atom. The predicted octanol–water partition coefficient (Wildman–Crippen LogP) is 5.02. The molecule has 0 aliphatic heterocycles. The van der Waals surface area contributed by atoms with E-state index < -0.39 is 41.2 Å². The van der Waals surface area contributed by atoms with E-state index in [1.54, 1.807) is 63.5 Å². The van der Waals surface area contributed by atoms with Gasteiger partial charge >= 0.3 is 5.97 Å². The number of benzene rings is 2. The molecule has 7 heteroatoms. The van der Waals surface area contributed by atoms with E-state index in [0.717, 1.165) is 28.2 Å². The van der Waals surface area contributed by atoms with Gasteiger partial charge in [0, 0.05) is 23.6 Å². The third-order valence-electron chi connectivity index (χ3n) is 4.28.